The Morgan fingerprint density at radius 1 is 1.30 bits per heavy atom. The fourth-order valence-electron chi connectivity index (χ4n) is 2.54. The van der Waals surface area contributed by atoms with Gasteiger partial charge in [-0.15, -0.1) is 5.10 Å². The van der Waals surface area contributed by atoms with E-state index >= 15 is 0 Å². The number of nitriles is 1. The van der Waals surface area contributed by atoms with Crippen LogP contribution in [0, 0.1) is 28.4 Å². The predicted molar refractivity (Wildman–Crippen MR) is 95.1 cm³/mol. The molecule has 1 amide bonds. The number of benzene rings is 2. The second-order valence-corrected chi connectivity index (χ2v) is 5.71. The normalized spacial score (nSPS) is 10.2. The SMILES string of the molecule is Cc1c(C(=O)NCc2cccc(C#N)c2)nnn1-c1cccc([N+](=O)[O-])c1. The Morgan fingerprint density at radius 2 is 2.07 bits per heavy atom. The summed E-state index contributed by atoms with van der Waals surface area (Å²) in [7, 11) is 0. The summed E-state index contributed by atoms with van der Waals surface area (Å²) in [5, 5.41) is 30.4. The molecule has 0 spiro atoms. The number of carbonyl (C=O) groups excluding carboxylic acids is 1. The average Bonchev–Trinajstić information content (AvgIpc) is 3.07. The van der Waals surface area contributed by atoms with Crippen LogP contribution in [-0.4, -0.2) is 25.8 Å². The van der Waals surface area contributed by atoms with Gasteiger partial charge in [0.15, 0.2) is 5.69 Å². The van der Waals surface area contributed by atoms with Crippen molar-refractivity contribution in [3.8, 4) is 11.8 Å². The molecule has 9 heteroatoms. The van der Waals surface area contributed by atoms with Gasteiger partial charge in [-0.1, -0.05) is 23.4 Å². The fraction of sp³-hybridized carbons (Fsp3) is 0.111. The van der Waals surface area contributed by atoms with Gasteiger partial charge in [0, 0.05) is 18.7 Å². The first-order chi connectivity index (χ1) is 13.0. The summed E-state index contributed by atoms with van der Waals surface area (Å²) in [4.78, 5) is 22.8. The lowest BCUT2D eigenvalue weighted by Crippen LogP contribution is -2.24. The third kappa shape index (κ3) is 3.80. The number of nitro benzene ring substituents is 1. The van der Waals surface area contributed by atoms with Gasteiger partial charge in [-0.25, -0.2) is 4.68 Å². The van der Waals surface area contributed by atoms with Gasteiger partial charge in [0.05, 0.1) is 27.9 Å². The van der Waals surface area contributed by atoms with Gasteiger partial charge in [-0.05, 0) is 30.7 Å². The van der Waals surface area contributed by atoms with Crippen molar-refractivity contribution in [3.63, 3.8) is 0 Å². The van der Waals surface area contributed by atoms with E-state index in [1.54, 1.807) is 37.3 Å². The summed E-state index contributed by atoms with van der Waals surface area (Å²) in [6, 6.07) is 14.9. The molecule has 0 saturated heterocycles. The summed E-state index contributed by atoms with van der Waals surface area (Å²) in [6.45, 7) is 1.89. The molecular formula is C18H14N6O3. The van der Waals surface area contributed by atoms with Crippen LogP contribution in [0.15, 0.2) is 48.5 Å². The zero-order valence-corrected chi connectivity index (χ0v) is 14.3. The van der Waals surface area contributed by atoms with Gasteiger partial charge in [-0.2, -0.15) is 5.26 Å². The highest BCUT2D eigenvalue weighted by Gasteiger charge is 2.18. The largest absolute Gasteiger partial charge is 0.347 e. The topological polar surface area (TPSA) is 127 Å². The lowest BCUT2D eigenvalue weighted by molar-refractivity contribution is -0.384. The van der Waals surface area contributed by atoms with Gasteiger partial charge < -0.3 is 5.32 Å². The first-order valence-electron chi connectivity index (χ1n) is 7.94. The summed E-state index contributed by atoms with van der Waals surface area (Å²) >= 11 is 0. The molecule has 1 heterocycles. The first kappa shape index (κ1) is 17.8. The summed E-state index contributed by atoms with van der Waals surface area (Å²) in [6.07, 6.45) is 0. The Hall–Kier alpha value is -4.06. The van der Waals surface area contributed by atoms with E-state index < -0.39 is 10.8 Å². The third-order valence-corrected chi connectivity index (χ3v) is 3.90. The van der Waals surface area contributed by atoms with Crippen LogP contribution >= 0.6 is 0 Å². The van der Waals surface area contributed by atoms with Gasteiger partial charge in [-0.3, -0.25) is 14.9 Å². The highest BCUT2D eigenvalue weighted by molar-refractivity contribution is 5.93. The van der Waals surface area contributed by atoms with E-state index in [1.807, 2.05) is 6.07 Å². The minimum absolute atomic E-state index is 0.0780. The van der Waals surface area contributed by atoms with Gasteiger partial charge in [0.25, 0.3) is 11.6 Å². The number of hydrogen-bond acceptors (Lipinski definition) is 6. The second kappa shape index (κ2) is 7.45. The van der Waals surface area contributed by atoms with Crippen molar-refractivity contribution in [2.45, 2.75) is 13.5 Å². The number of non-ortho nitro benzene ring substituents is 1. The Morgan fingerprint density at radius 3 is 2.81 bits per heavy atom. The molecule has 3 aromatic rings. The van der Waals surface area contributed by atoms with Crippen LogP contribution in [-0.2, 0) is 6.54 Å². The highest BCUT2D eigenvalue weighted by atomic mass is 16.6. The molecule has 9 nitrogen and oxygen atoms in total. The number of nitrogens with one attached hydrogen (secondary N) is 1. The summed E-state index contributed by atoms with van der Waals surface area (Å²) < 4.78 is 1.37. The Labute approximate surface area is 154 Å². The molecule has 0 unspecified atom stereocenters. The zero-order chi connectivity index (χ0) is 19.4. The molecule has 1 aromatic heterocycles. The van der Waals surface area contributed by atoms with Crippen molar-refractivity contribution in [1.29, 1.82) is 5.26 Å². The number of amides is 1. The molecule has 0 aliphatic carbocycles. The number of nitrogens with zero attached hydrogens (tertiary/aromatic N) is 5. The van der Waals surface area contributed by atoms with Crippen molar-refractivity contribution in [3.05, 3.63) is 81.2 Å². The van der Waals surface area contributed by atoms with E-state index in [4.69, 9.17) is 5.26 Å². The van der Waals surface area contributed by atoms with Crippen LogP contribution in [0.25, 0.3) is 5.69 Å². The molecule has 0 radical (unpaired) electrons. The van der Waals surface area contributed by atoms with E-state index in [2.05, 4.69) is 15.6 Å². The van der Waals surface area contributed by atoms with E-state index in [-0.39, 0.29) is 17.9 Å². The molecule has 1 N–H and O–H groups in total. The minimum atomic E-state index is -0.501. The second-order valence-electron chi connectivity index (χ2n) is 5.71. The van der Waals surface area contributed by atoms with Crippen molar-refractivity contribution in [1.82, 2.24) is 20.3 Å². The molecular weight excluding hydrogens is 348 g/mol. The van der Waals surface area contributed by atoms with E-state index in [1.165, 1.54) is 22.9 Å². The van der Waals surface area contributed by atoms with Crippen molar-refractivity contribution >= 4 is 11.6 Å². The quantitative estimate of drug-likeness (QED) is 0.548. The number of hydrogen-bond donors (Lipinski definition) is 1. The maximum absolute atomic E-state index is 12.4. The number of rotatable bonds is 5. The van der Waals surface area contributed by atoms with E-state index in [9.17, 15) is 14.9 Å². The average molecular weight is 362 g/mol. The highest BCUT2D eigenvalue weighted by Crippen LogP contribution is 2.18. The first-order valence-corrected chi connectivity index (χ1v) is 7.94. The maximum atomic E-state index is 12.4. The molecule has 0 bridgehead atoms. The summed E-state index contributed by atoms with van der Waals surface area (Å²) in [5.41, 5.74) is 2.23. The standard InChI is InChI=1S/C18H14N6O3/c1-12-17(18(25)20-11-14-5-2-4-13(8-14)10-19)21-22-23(12)15-6-3-7-16(9-15)24(26)27/h2-9H,11H2,1H3,(H,20,25). The Bertz CT molecular complexity index is 1070. The van der Waals surface area contributed by atoms with Crippen LogP contribution in [0.5, 0.6) is 0 Å². The molecule has 0 fully saturated rings. The molecule has 2 aromatic carbocycles. The van der Waals surface area contributed by atoms with Crippen molar-refractivity contribution in [2.75, 3.05) is 0 Å². The maximum Gasteiger partial charge on any atom is 0.274 e. The van der Waals surface area contributed by atoms with Crippen molar-refractivity contribution < 1.29 is 9.72 Å². The van der Waals surface area contributed by atoms with E-state index in [0.29, 0.717) is 16.9 Å². The van der Waals surface area contributed by atoms with Crippen LogP contribution in [0.2, 0.25) is 0 Å². The Kier molecular flexibility index (Phi) is 4.90. The molecule has 0 saturated carbocycles. The van der Waals surface area contributed by atoms with Crippen LogP contribution < -0.4 is 5.32 Å². The van der Waals surface area contributed by atoms with Crippen LogP contribution in [0.4, 0.5) is 5.69 Å². The molecule has 27 heavy (non-hydrogen) atoms. The Balaban J connectivity index is 1.78. The molecule has 134 valence electrons. The molecule has 0 atom stereocenters. The fourth-order valence-corrected chi connectivity index (χ4v) is 2.54. The third-order valence-electron chi connectivity index (χ3n) is 3.90. The molecule has 0 aliphatic rings. The lowest BCUT2D eigenvalue weighted by atomic mass is 10.1. The minimum Gasteiger partial charge on any atom is -0.347 e. The van der Waals surface area contributed by atoms with Crippen LogP contribution in [0.1, 0.15) is 27.3 Å². The lowest BCUT2D eigenvalue weighted by Gasteiger charge is -2.05. The van der Waals surface area contributed by atoms with Crippen molar-refractivity contribution in [2.24, 2.45) is 0 Å². The number of aromatic nitrogens is 3. The molecule has 0 aliphatic heterocycles. The molecule has 3 rings (SSSR count). The monoisotopic (exact) mass is 362 g/mol. The zero-order valence-electron chi connectivity index (χ0n) is 14.3. The van der Waals surface area contributed by atoms with Gasteiger partial charge in [0.1, 0.15) is 0 Å². The summed E-state index contributed by atoms with van der Waals surface area (Å²) in [5.74, 6) is -0.424. The van der Waals surface area contributed by atoms with Crippen LogP contribution in [0.3, 0.4) is 0 Å². The van der Waals surface area contributed by atoms with E-state index in [0.717, 1.165) is 5.56 Å². The smallest absolute Gasteiger partial charge is 0.274 e. The van der Waals surface area contributed by atoms with Gasteiger partial charge >= 0.3 is 0 Å². The number of nitro groups is 1. The predicted octanol–water partition coefficient (Wildman–Crippen LogP) is 2.29. The number of carbonyl (C=O) groups is 1. The van der Waals surface area contributed by atoms with Gasteiger partial charge in [0.2, 0.25) is 0 Å².